The Kier molecular flexibility index (Phi) is 6.74. The summed E-state index contributed by atoms with van der Waals surface area (Å²) in [5, 5.41) is 0. The first-order chi connectivity index (χ1) is 16.5. The minimum Gasteiger partial charge on any atom is -0.376 e. The van der Waals surface area contributed by atoms with E-state index < -0.39 is 0 Å². The van der Waals surface area contributed by atoms with Gasteiger partial charge in [0.2, 0.25) is 0 Å². The lowest BCUT2D eigenvalue weighted by Crippen LogP contribution is -2.47. The van der Waals surface area contributed by atoms with Crippen molar-refractivity contribution in [1.82, 2.24) is 19.2 Å². The predicted molar refractivity (Wildman–Crippen MR) is 139 cm³/mol. The third kappa shape index (κ3) is 4.39. The van der Waals surface area contributed by atoms with Crippen molar-refractivity contribution in [3.05, 3.63) is 44.7 Å². The summed E-state index contributed by atoms with van der Waals surface area (Å²) in [6.07, 6.45) is 5.38. The van der Waals surface area contributed by atoms with Crippen molar-refractivity contribution in [2.75, 3.05) is 50.8 Å². The Labute approximate surface area is 208 Å². The van der Waals surface area contributed by atoms with E-state index in [0.717, 1.165) is 57.7 Å². The lowest BCUT2D eigenvalue weighted by molar-refractivity contribution is -0.123. The molecule has 2 aromatic rings. The summed E-state index contributed by atoms with van der Waals surface area (Å²) in [5.74, 6) is 0.473. The summed E-state index contributed by atoms with van der Waals surface area (Å²) < 4.78 is 7.78. The van der Waals surface area contributed by atoms with Crippen LogP contribution in [0.25, 0.3) is 11.7 Å². The SMILES string of the molecule is CCN1CCN(c2nc3c(C)cccn3c(=O)c2/C=C2\SC(=S)N(CC3CCCO3)C2=O)CC1. The van der Waals surface area contributed by atoms with Crippen LogP contribution in [0.5, 0.6) is 0 Å². The summed E-state index contributed by atoms with van der Waals surface area (Å²) in [4.78, 5) is 38.5. The van der Waals surface area contributed by atoms with E-state index >= 15 is 0 Å². The minimum atomic E-state index is -0.175. The molecule has 3 aliphatic rings. The standard InChI is InChI=1S/C24H29N5O3S2/c1-3-26-9-11-27(12-10-26)21-18(22(30)28-8-4-6-16(2)20(28)25-21)14-19-23(31)29(24(33)34-19)15-17-7-5-13-32-17/h4,6,8,14,17H,3,5,7,9-13,15H2,1-2H3/b19-14-. The van der Waals surface area contributed by atoms with Crippen LogP contribution in [-0.2, 0) is 9.53 Å². The number of thiocarbonyl (C=S) groups is 1. The summed E-state index contributed by atoms with van der Waals surface area (Å²) in [7, 11) is 0. The molecule has 180 valence electrons. The Hall–Kier alpha value is -2.27. The quantitative estimate of drug-likeness (QED) is 0.459. The average Bonchev–Trinajstić information content (AvgIpc) is 3.45. The fraction of sp³-hybridized carbons (Fsp3) is 0.500. The second kappa shape index (κ2) is 9.77. The van der Waals surface area contributed by atoms with Crippen LogP contribution in [0.3, 0.4) is 0 Å². The molecule has 34 heavy (non-hydrogen) atoms. The number of carbonyl (C=O) groups is 1. The van der Waals surface area contributed by atoms with Crippen LogP contribution in [0.2, 0.25) is 0 Å². The fourth-order valence-corrected chi connectivity index (χ4v) is 5.98. The van der Waals surface area contributed by atoms with Crippen molar-refractivity contribution in [2.45, 2.75) is 32.8 Å². The number of thioether (sulfide) groups is 1. The monoisotopic (exact) mass is 499 g/mol. The van der Waals surface area contributed by atoms with Gasteiger partial charge in [0.1, 0.15) is 15.8 Å². The molecule has 1 atom stereocenters. The van der Waals surface area contributed by atoms with Gasteiger partial charge in [-0.05, 0) is 44.0 Å². The smallest absolute Gasteiger partial charge is 0.267 e. The number of amides is 1. The maximum atomic E-state index is 13.7. The molecule has 1 unspecified atom stereocenters. The first kappa shape index (κ1) is 23.5. The number of ether oxygens (including phenoxy) is 1. The number of carbonyl (C=O) groups excluding carboxylic acids is 1. The zero-order valence-corrected chi connectivity index (χ0v) is 21.2. The maximum Gasteiger partial charge on any atom is 0.267 e. The number of piperazine rings is 1. The van der Waals surface area contributed by atoms with Gasteiger partial charge in [-0.2, -0.15) is 0 Å². The Morgan fingerprint density at radius 2 is 2.06 bits per heavy atom. The predicted octanol–water partition coefficient (Wildman–Crippen LogP) is 2.53. The summed E-state index contributed by atoms with van der Waals surface area (Å²) >= 11 is 6.76. The van der Waals surface area contributed by atoms with Crippen LogP contribution in [0.4, 0.5) is 5.82 Å². The van der Waals surface area contributed by atoms with E-state index in [-0.39, 0.29) is 17.6 Å². The molecule has 10 heteroatoms. The summed E-state index contributed by atoms with van der Waals surface area (Å²) in [6.45, 7) is 9.68. The minimum absolute atomic E-state index is 0.0169. The first-order valence-corrected chi connectivity index (χ1v) is 13.0. The molecule has 0 bridgehead atoms. The molecule has 1 amide bonds. The summed E-state index contributed by atoms with van der Waals surface area (Å²) in [6, 6.07) is 3.80. The van der Waals surface area contributed by atoms with Gasteiger partial charge in [-0.15, -0.1) is 0 Å². The van der Waals surface area contributed by atoms with Crippen molar-refractivity contribution >= 4 is 51.7 Å². The number of likely N-dealkylation sites (N-methyl/N-ethyl adjacent to an activating group) is 1. The fourth-order valence-electron chi connectivity index (χ4n) is 4.72. The second-order valence-corrected chi connectivity index (χ2v) is 10.6. The second-order valence-electron chi connectivity index (χ2n) is 8.89. The van der Waals surface area contributed by atoms with Crippen molar-refractivity contribution < 1.29 is 9.53 Å². The van der Waals surface area contributed by atoms with E-state index in [4.69, 9.17) is 21.9 Å². The summed E-state index contributed by atoms with van der Waals surface area (Å²) in [5.41, 5.74) is 1.84. The van der Waals surface area contributed by atoms with Gasteiger partial charge in [-0.3, -0.25) is 18.9 Å². The number of hydrogen-bond acceptors (Lipinski definition) is 8. The Bertz CT molecular complexity index is 1210. The lowest BCUT2D eigenvalue weighted by atomic mass is 10.2. The van der Waals surface area contributed by atoms with Gasteiger partial charge in [0.05, 0.1) is 23.1 Å². The van der Waals surface area contributed by atoms with E-state index in [1.165, 1.54) is 11.8 Å². The Balaban J connectivity index is 1.55. The van der Waals surface area contributed by atoms with Gasteiger partial charge < -0.3 is 14.5 Å². The Morgan fingerprint density at radius 1 is 1.26 bits per heavy atom. The van der Waals surface area contributed by atoms with Crippen LogP contribution in [-0.4, -0.2) is 81.4 Å². The number of rotatable bonds is 5. The molecular formula is C24H29N5O3S2. The van der Waals surface area contributed by atoms with Crippen LogP contribution in [0.15, 0.2) is 28.0 Å². The molecule has 0 saturated carbocycles. The third-order valence-electron chi connectivity index (χ3n) is 6.74. The molecule has 8 nitrogen and oxygen atoms in total. The zero-order chi connectivity index (χ0) is 23.8. The molecular weight excluding hydrogens is 470 g/mol. The number of anilines is 1. The van der Waals surface area contributed by atoms with Crippen molar-refractivity contribution in [3.8, 4) is 0 Å². The first-order valence-electron chi connectivity index (χ1n) is 11.8. The maximum absolute atomic E-state index is 13.7. The molecule has 5 rings (SSSR count). The number of pyridine rings is 1. The zero-order valence-electron chi connectivity index (χ0n) is 19.5. The van der Waals surface area contributed by atoms with Crippen molar-refractivity contribution in [1.29, 1.82) is 0 Å². The van der Waals surface area contributed by atoms with E-state index in [9.17, 15) is 9.59 Å². The Morgan fingerprint density at radius 3 is 2.76 bits per heavy atom. The third-order valence-corrected chi connectivity index (χ3v) is 8.12. The van der Waals surface area contributed by atoms with Crippen molar-refractivity contribution in [2.24, 2.45) is 0 Å². The average molecular weight is 500 g/mol. The molecule has 5 heterocycles. The highest BCUT2D eigenvalue weighted by molar-refractivity contribution is 8.26. The highest BCUT2D eigenvalue weighted by Crippen LogP contribution is 2.34. The van der Waals surface area contributed by atoms with Crippen LogP contribution in [0, 0.1) is 6.92 Å². The molecule has 0 radical (unpaired) electrons. The molecule has 0 aliphatic carbocycles. The van der Waals surface area contributed by atoms with Crippen molar-refractivity contribution in [3.63, 3.8) is 0 Å². The van der Waals surface area contributed by atoms with Gasteiger partial charge in [0.15, 0.2) is 0 Å². The van der Waals surface area contributed by atoms with E-state index in [1.807, 2.05) is 19.1 Å². The van der Waals surface area contributed by atoms with Gasteiger partial charge in [-0.1, -0.05) is 37.0 Å². The molecule has 2 aromatic heterocycles. The van der Waals surface area contributed by atoms with Gasteiger partial charge >= 0.3 is 0 Å². The number of nitrogens with zero attached hydrogens (tertiary/aromatic N) is 5. The lowest BCUT2D eigenvalue weighted by Gasteiger charge is -2.35. The molecule has 3 fully saturated rings. The number of hydrogen-bond donors (Lipinski definition) is 0. The molecule has 3 aliphatic heterocycles. The molecule has 0 aromatic carbocycles. The van der Waals surface area contributed by atoms with Crippen LogP contribution >= 0.6 is 24.0 Å². The van der Waals surface area contributed by atoms with Crippen LogP contribution in [0.1, 0.15) is 30.9 Å². The normalized spacial score (nSPS) is 23.1. The van der Waals surface area contributed by atoms with E-state index in [1.54, 1.807) is 21.6 Å². The van der Waals surface area contributed by atoms with E-state index in [0.29, 0.717) is 32.8 Å². The molecule has 0 N–H and O–H groups in total. The largest absolute Gasteiger partial charge is 0.376 e. The highest BCUT2D eigenvalue weighted by Gasteiger charge is 2.35. The number of aromatic nitrogens is 2. The molecule has 0 spiro atoms. The van der Waals surface area contributed by atoms with Gasteiger partial charge in [0, 0.05) is 39.0 Å². The highest BCUT2D eigenvalue weighted by atomic mass is 32.2. The van der Waals surface area contributed by atoms with Gasteiger partial charge in [0.25, 0.3) is 11.5 Å². The van der Waals surface area contributed by atoms with Gasteiger partial charge in [-0.25, -0.2) is 4.98 Å². The van der Waals surface area contributed by atoms with Crippen LogP contribution < -0.4 is 10.5 Å². The number of fused-ring (bicyclic) bond motifs is 1. The number of aryl methyl sites for hydroxylation is 1. The topological polar surface area (TPSA) is 70.4 Å². The molecule has 3 saturated heterocycles. The van der Waals surface area contributed by atoms with E-state index in [2.05, 4.69) is 16.7 Å².